The van der Waals surface area contributed by atoms with Crippen molar-refractivity contribution in [2.24, 2.45) is 5.73 Å². The van der Waals surface area contributed by atoms with Crippen molar-refractivity contribution in [1.29, 1.82) is 0 Å². The molecule has 0 aromatic carbocycles. The third-order valence-electron chi connectivity index (χ3n) is 2.64. The van der Waals surface area contributed by atoms with E-state index in [0.717, 1.165) is 0 Å². The molecule has 5 heteroatoms. The fourth-order valence-corrected chi connectivity index (χ4v) is 1.93. The van der Waals surface area contributed by atoms with Gasteiger partial charge in [0.1, 0.15) is 0 Å². The zero-order chi connectivity index (χ0) is 11.6. The Morgan fingerprint density at radius 3 is 2.53 bits per heavy atom. The molecule has 1 fully saturated rings. The molecule has 0 spiro atoms. The van der Waals surface area contributed by atoms with Crippen molar-refractivity contribution in [3.63, 3.8) is 0 Å². The Kier molecular flexibility index (Phi) is 3.57. The van der Waals surface area contributed by atoms with Crippen LogP contribution in [-0.2, 0) is 4.74 Å². The van der Waals surface area contributed by atoms with E-state index in [1.165, 1.54) is 4.90 Å². The van der Waals surface area contributed by atoms with Crippen LogP contribution < -0.4 is 5.73 Å². The van der Waals surface area contributed by atoms with Gasteiger partial charge in [0.15, 0.2) is 0 Å². The van der Waals surface area contributed by atoms with Crippen LogP contribution in [0.3, 0.4) is 0 Å². The fourth-order valence-electron chi connectivity index (χ4n) is 1.93. The highest BCUT2D eigenvalue weighted by Gasteiger charge is 2.37. The molecule has 1 amide bonds. The van der Waals surface area contributed by atoms with Gasteiger partial charge in [-0.25, -0.2) is 4.79 Å². The van der Waals surface area contributed by atoms with E-state index in [1.54, 1.807) is 0 Å². The second-order valence-electron chi connectivity index (χ2n) is 4.92. The highest BCUT2D eigenvalue weighted by Crippen LogP contribution is 2.22. The van der Waals surface area contributed by atoms with Crippen molar-refractivity contribution in [3.8, 4) is 0 Å². The molecule has 1 saturated heterocycles. The lowest BCUT2D eigenvalue weighted by molar-refractivity contribution is -0.0192. The average Bonchev–Trinajstić information content (AvgIpc) is 2.05. The van der Waals surface area contributed by atoms with Gasteiger partial charge in [0, 0.05) is 18.2 Å². The quantitative estimate of drug-likeness (QED) is 0.682. The number of carboxylic acid groups (broad SMARTS) is 1. The van der Waals surface area contributed by atoms with Crippen LogP contribution in [0.15, 0.2) is 0 Å². The third kappa shape index (κ3) is 2.82. The minimum Gasteiger partial charge on any atom is -0.465 e. The number of ether oxygens (including phenoxy) is 1. The van der Waals surface area contributed by atoms with Gasteiger partial charge >= 0.3 is 6.09 Å². The van der Waals surface area contributed by atoms with Crippen LogP contribution in [0.4, 0.5) is 4.79 Å². The molecule has 0 aromatic rings. The van der Waals surface area contributed by atoms with Crippen LogP contribution in [0.5, 0.6) is 0 Å². The molecule has 0 saturated carbocycles. The zero-order valence-electron chi connectivity index (χ0n) is 9.56. The Labute approximate surface area is 90.2 Å². The van der Waals surface area contributed by atoms with E-state index in [-0.39, 0.29) is 12.1 Å². The molecular weight excluding hydrogens is 196 g/mol. The summed E-state index contributed by atoms with van der Waals surface area (Å²) in [5.74, 6) is 0. The molecule has 1 aliphatic rings. The molecule has 2 atom stereocenters. The molecule has 0 radical (unpaired) electrons. The monoisotopic (exact) mass is 216 g/mol. The van der Waals surface area contributed by atoms with Gasteiger partial charge < -0.3 is 15.6 Å². The predicted molar refractivity (Wildman–Crippen MR) is 56.8 cm³/mol. The van der Waals surface area contributed by atoms with Gasteiger partial charge in [-0.2, -0.15) is 0 Å². The summed E-state index contributed by atoms with van der Waals surface area (Å²) in [5, 5.41) is 9.19. The van der Waals surface area contributed by atoms with Crippen molar-refractivity contribution in [2.75, 3.05) is 13.2 Å². The average molecular weight is 216 g/mol. The Bertz CT molecular complexity index is 237. The maximum atomic E-state index is 11.2. The predicted octanol–water partition coefficient (Wildman–Crippen LogP) is 0.881. The number of nitrogens with zero attached hydrogens (tertiary/aromatic N) is 1. The second-order valence-corrected chi connectivity index (χ2v) is 4.92. The lowest BCUT2D eigenvalue weighted by atomic mass is 9.97. The van der Waals surface area contributed by atoms with Gasteiger partial charge in [-0.3, -0.25) is 4.90 Å². The Morgan fingerprint density at radius 2 is 2.13 bits per heavy atom. The van der Waals surface area contributed by atoms with Crippen LogP contribution in [-0.4, -0.2) is 46.9 Å². The lowest BCUT2D eigenvalue weighted by Crippen LogP contribution is -2.61. The minimum atomic E-state index is -0.937. The summed E-state index contributed by atoms with van der Waals surface area (Å²) in [6, 6.07) is -0.370. The zero-order valence-corrected chi connectivity index (χ0v) is 9.56. The van der Waals surface area contributed by atoms with Crippen LogP contribution in [0.2, 0.25) is 0 Å². The Morgan fingerprint density at radius 1 is 1.53 bits per heavy atom. The number of hydrogen-bond donors (Lipinski definition) is 2. The maximum Gasteiger partial charge on any atom is 0.408 e. The Balaban J connectivity index is 2.83. The van der Waals surface area contributed by atoms with Crippen molar-refractivity contribution in [2.45, 2.75) is 44.8 Å². The SMILES string of the molecule is CC(C)(C)N(C(=O)O)[C@H]1COCC[C@H]1N. The van der Waals surface area contributed by atoms with Crippen LogP contribution in [0, 0.1) is 0 Å². The summed E-state index contributed by atoms with van der Waals surface area (Å²) in [5.41, 5.74) is 5.48. The Hall–Kier alpha value is -0.810. The number of nitrogens with two attached hydrogens (primary N) is 1. The molecule has 1 heterocycles. The van der Waals surface area contributed by atoms with Gasteiger partial charge in [-0.05, 0) is 27.2 Å². The molecule has 0 unspecified atom stereocenters. The van der Waals surface area contributed by atoms with E-state index in [1.807, 2.05) is 20.8 Å². The molecule has 0 aliphatic carbocycles. The maximum absolute atomic E-state index is 11.2. The summed E-state index contributed by atoms with van der Waals surface area (Å²) in [6.07, 6.45) is -0.224. The third-order valence-corrected chi connectivity index (χ3v) is 2.64. The van der Waals surface area contributed by atoms with Crippen LogP contribution in [0.25, 0.3) is 0 Å². The van der Waals surface area contributed by atoms with E-state index in [9.17, 15) is 9.90 Å². The largest absolute Gasteiger partial charge is 0.465 e. The van der Waals surface area contributed by atoms with Crippen molar-refractivity contribution in [1.82, 2.24) is 4.90 Å². The number of carbonyl (C=O) groups is 1. The highest BCUT2D eigenvalue weighted by atomic mass is 16.5. The van der Waals surface area contributed by atoms with Gasteiger partial charge in [-0.1, -0.05) is 0 Å². The van der Waals surface area contributed by atoms with E-state index in [2.05, 4.69) is 0 Å². The van der Waals surface area contributed by atoms with Crippen LogP contribution >= 0.6 is 0 Å². The molecule has 3 N–H and O–H groups in total. The molecule has 15 heavy (non-hydrogen) atoms. The first-order chi connectivity index (χ1) is 6.84. The van der Waals surface area contributed by atoms with E-state index < -0.39 is 11.6 Å². The van der Waals surface area contributed by atoms with Gasteiger partial charge in [0.05, 0.1) is 12.6 Å². The first-order valence-corrected chi connectivity index (χ1v) is 5.19. The lowest BCUT2D eigenvalue weighted by Gasteiger charge is -2.43. The minimum absolute atomic E-state index is 0.130. The fraction of sp³-hybridized carbons (Fsp3) is 0.900. The van der Waals surface area contributed by atoms with E-state index >= 15 is 0 Å². The van der Waals surface area contributed by atoms with Crippen molar-refractivity contribution in [3.05, 3.63) is 0 Å². The summed E-state index contributed by atoms with van der Waals surface area (Å²) in [7, 11) is 0. The number of rotatable bonds is 1. The second kappa shape index (κ2) is 4.37. The molecule has 5 nitrogen and oxygen atoms in total. The standard InChI is InChI=1S/C10H20N2O3/c1-10(2,3)12(9(13)14)8-6-15-5-4-7(8)11/h7-8H,4-6,11H2,1-3H3,(H,13,14)/t7-,8+/m1/s1. The first kappa shape index (κ1) is 12.3. The van der Waals surface area contributed by atoms with Crippen LogP contribution in [0.1, 0.15) is 27.2 Å². The van der Waals surface area contributed by atoms with Gasteiger partial charge in [-0.15, -0.1) is 0 Å². The number of hydrogen-bond acceptors (Lipinski definition) is 3. The van der Waals surface area contributed by atoms with Crippen molar-refractivity contribution < 1.29 is 14.6 Å². The summed E-state index contributed by atoms with van der Waals surface area (Å²) in [4.78, 5) is 12.6. The molecule has 0 bridgehead atoms. The topological polar surface area (TPSA) is 75.8 Å². The summed E-state index contributed by atoms with van der Waals surface area (Å²) < 4.78 is 5.29. The normalized spacial score (nSPS) is 27.5. The first-order valence-electron chi connectivity index (χ1n) is 5.19. The molecule has 0 aromatic heterocycles. The smallest absolute Gasteiger partial charge is 0.408 e. The van der Waals surface area contributed by atoms with E-state index in [0.29, 0.717) is 19.6 Å². The molecule has 1 rings (SSSR count). The summed E-state index contributed by atoms with van der Waals surface area (Å²) >= 11 is 0. The highest BCUT2D eigenvalue weighted by molar-refractivity contribution is 5.66. The van der Waals surface area contributed by atoms with Gasteiger partial charge in [0.2, 0.25) is 0 Å². The summed E-state index contributed by atoms with van der Waals surface area (Å²) in [6.45, 7) is 6.60. The molecular formula is C10H20N2O3. The van der Waals surface area contributed by atoms with Gasteiger partial charge in [0.25, 0.3) is 0 Å². The number of amides is 1. The van der Waals surface area contributed by atoms with E-state index in [4.69, 9.17) is 10.5 Å². The van der Waals surface area contributed by atoms with Crippen molar-refractivity contribution >= 4 is 6.09 Å². The molecule has 88 valence electrons. The molecule has 1 aliphatic heterocycles.